The molecule has 4 nitrogen and oxygen atoms in total. The molecule has 1 aromatic heterocycles. The Morgan fingerprint density at radius 2 is 2.05 bits per heavy atom. The van der Waals surface area contributed by atoms with Gasteiger partial charge in [0.25, 0.3) is 0 Å². The van der Waals surface area contributed by atoms with Crippen molar-refractivity contribution in [1.82, 2.24) is 9.97 Å². The maximum absolute atomic E-state index is 10.2. The van der Waals surface area contributed by atoms with Crippen molar-refractivity contribution in [2.75, 3.05) is 12.9 Å². The van der Waals surface area contributed by atoms with Crippen LogP contribution in [0.2, 0.25) is 0 Å². The molecule has 22 heavy (non-hydrogen) atoms. The summed E-state index contributed by atoms with van der Waals surface area (Å²) in [5.41, 5.74) is 2.72. The molecule has 1 atom stereocenters. The molecule has 0 aliphatic carbocycles. The van der Waals surface area contributed by atoms with Crippen LogP contribution in [0.4, 0.5) is 0 Å². The highest BCUT2D eigenvalue weighted by molar-refractivity contribution is 9.10. The summed E-state index contributed by atoms with van der Waals surface area (Å²) < 4.78 is 6.20. The summed E-state index contributed by atoms with van der Waals surface area (Å²) in [4.78, 5) is 7.74. The van der Waals surface area contributed by atoms with Gasteiger partial charge in [-0.05, 0) is 29.8 Å². The third kappa shape index (κ3) is 3.45. The van der Waals surface area contributed by atoms with Gasteiger partial charge in [-0.2, -0.15) is 0 Å². The molecule has 3 rings (SSSR count). The van der Waals surface area contributed by atoms with Crippen molar-refractivity contribution in [1.29, 1.82) is 0 Å². The molecule has 3 aromatic rings. The molecule has 114 valence electrons. The van der Waals surface area contributed by atoms with Gasteiger partial charge in [-0.25, -0.2) is 4.98 Å². The first kappa shape index (κ1) is 15.4. The number of fused-ring (bicyclic) bond motifs is 1. The molecule has 0 bridgehead atoms. The zero-order valence-electron chi connectivity index (χ0n) is 11.9. The molecule has 0 radical (unpaired) electrons. The average molecular weight is 379 g/mol. The van der Waals surface area contributed by atoms with E-state index in [0.29, 0.717) is 5.75 Å². The van der Waals surface area contributed by atoms with Gasteiger partial charge in [0.05, 0.1) is 24.2 Å². The number of hydrogen-bond acceptors (Lipinski definition) is 4. The van der Waals surface area contributed by atoms with Crippen LogP contribution in [0.1, 0.15) is 11.7 Å². The molecule has 0 amide bonds. The number of ether oxygens (including phenoxy) is 1. The number of nitrogens with one attached hydrogen (secondary N) is 1. The fraction of sp³-hybridized carbons (Fsp3) is 0.188. The fourth-order valence-corrected chi connectivity index (χ4v) is 3.22. The van der Waals surface area contributed by atoms with Gasteiger partial charge in [-0.1, -0.05) is 39.8 Å². The Morgan fingerprint density at radius 1 is 1.27 bits per heavy atom. The number of aromatic amines is 1. The number of hydrogen-bond donors (Lipinski definition) is 2. The summed E-state index contributed by atoms with van der Waals surface area (Å²) >= 11 is 4.89. The lowest BCUT2D eigenvalue weighted by Crippen LogP contribution is -2.00. The Kier molecular flexibility index (Phi) is 4.71. The van der Waals surface area contributed by atoms with Crippen LogP contribution >= 0.6 is 27.7 Å². The highest BCUT2D eigenvalue weighted by Crippen LogP contribution is 2.27. The quantitative estimate of drug-likeness (QED) is 0.654. The molecule has 0 saturated heterocycles. The third-order valence-corrected chi connectivity index (χ3v) is 4.78. The Balaban J connectivity index is 1.69. The monoisotopic (exact) mass is 378 g/mol. The zero-order valence-corrected chi connectivity index (χ0v) is 14.3. The second-order valence-corrected chi connectivity index (χ2v) is 6.73. The number of aliphatic hydroxyl groups is 1. The summed E-state index contributed by atoms with van der Waals surface area (Å²) in [6, 6.07) is 13.4. The minimum absolute atomic E-state index is 0.527. The van der Waals surface area contributed by atoms with E-state index in [0.717, 1.165) is 32.0 Å². The van der Waals surface area contributed by atoms with Gasteiger partial charge < -0.3 is 14.8 Å². The predicted octanol–water partition coefficient (Wildman–Crippen LogP) is 4.16. The van der Waals surface area contributed by atoms with Gasteiger partial charge in [0, 0.05) is 16.3 Å². The average Bonchev–Trinajstić information content (AvgIpc) is 2.95. The number of nitrogens with zero attached hydrogens (tertiary/aromatic N) is 1. The first-order valence-electron chi connectivity index (χ1n) is 6.76. The van der Waals surface area contributed by atoms with E-state index in [9.17, 15) is 5.11 Å². The van der Waals surface area contributed by atoms with Crippen molar-refractivity contribution in [3.05, 3.63) is 52.5 Å². The Labute approximate surface area is 141 Å². The minimum atomic E-state index is -0.527. The smallest absolute Gasteiger partial charge is 0.166 e. The molecular formula is C16H15BrN2O2S. The van der Waals surface area contributed by atoms with Crippen molar-refractivity contribution in [3.63, 3.8) is 0 Å². The van der Waals surface area contributed by atoms with Crippen molar-refractivity contribution < 1.29 is 9.84 Å². The van der Waals surface area contributed by atoms with Gasteiger partial charge >= 0.3 is 0 Å². The van der Waals surface area contributed by atoms with Crippen LogP contribution in [-0.4, -0.2) is 27.9 Å². The molecule has 6 heteroatoms. The van der Waals surface area contributed by atoms with Gasteiger partial charge in [0.15, 0.2) is 5.16 Å². The number of aromatic nitrogens is 2. The van der Waals surface area contributed by atoms with E-state index in [2.05, 4.69) is 25.9 Å². The summed E-state index contributed by atoms with van der Waals surface area (Å²) in [6.45, 7) is 0. The Morgan fingerprint density at radius 3 is 2.77 bits per heavy atom. The van der Waals surface area contributed by atoms with Crippen LogP contribution in [0.15, 0.2) is 52.1 Å². The maximum Gasteiger partial charge on any atom is 0.166 e. The number of imidazole rings is 1. The molecule has 0 spiro atoms. The van der Waals surface area contributed by atoms with E-state index in [4.69, 9.17) is 4.74 Å². The fourth-order valence-electron chi connectivity index (χ4n) is 2.10. The van der Waals surface area contributed by atoms with Gasteiger partial charge in [0.1, 0.15) is 5.75 Å². The third-order valence-electron chi connectivity index (χ3n) is 3.30. The highest BCUT2D eigenvalue weighted by Gasteiger charge is 2.10. The first-order valence-corrected chi connectivity index (χ1v) is 8.53. The highest BCUT2D eigenvalue weighted by atomic mass is 79.9. The van der Waals surface area contributed by atoms with Crippen molar-refractivity contribution in [3.8, 4) is 5.75 Å². The zero-order chi connectivity index (χ0) is 15.5. The summed E-state index contributed by atoms with van der Waals surface area (Å²) in [7, 11) is 1.64. The topological polar surface area (TPSA) is 58.1 Å². The molecule has 0 unspecified atom stereocenters. The lowest BCUT2D eigenvalue weighted by Gasteiger charge is -2.09. The summed E-state index contributed by atoms with van der Waals surface area (Å²) in [5, 5.41) is 11.0. The first-order chi connectivity index (χ1) is 10.7. The van der Waals surface area contributed by atoms with Gasteiger partial charge in [-0.3, -0.25) is 0 Å². The minimum Gasteiger partial charge on any atom is -0.497 e. The van der Waals surface area contributed by atoms with Crippen LogP contribution in [0.3, 0.4) is 0 Å². The Hall–Kier alpha value is -1.50. The van der Waals surface area contributed by atoms with Crippen molar-refractivity contribution >= 4 is 38.7 Å². The number of halogens is 1. The lowest BCUT2D eigenvalue weighted by molar-refractivity contribution is 0.204. The van der Waals surface area contributed by atoms with Crippen LogP contribution in [0, 0.1) is 0 Å². The van der Waals surface area contributed by atoms with Crippen LogP contribution in [0.25, 0.3) is 11.0 Å². The number of H-pyrrole nitrogens is 1. The molecular weight excluding hydrogens is 364 g/mol. The number of aliphatic hydroxyl groups excluding tert-OH is 1. The largest absolute Gasteiger partial charge is 0.497 e. The van der Waals surface area contributed by atoms with E-state index in [1.165, 1.54) is 11.8 Å². The summed E-state index contributed by atoms with van der Waals surface area (Å²) in [5.74, 6) is 1.33. The number of rotatable bonds is 5. The standard InChI is InChI=1S/C16H15BrN2O2S/c1-21-12-6-7-13-14(8-12)19-16(18-13)22-9-15(20)10-2-4-11(17)5-3-10/h2-8,15,20H,9H2,1H3,(H,18,19)/t15-/m1/s1. The second kappa shape index (κ2) is 6.73. The maximum atomic E-state index is 10.2. The number of benzene rings is 2. The molecule has 0 fully saturated rings. The SMILES string of the molecule is COc1ccc2nc(SC[C@@H](O)c3ccc(Br)cc3)[nH]c2c1. The van der Waals surface area contributed by atoms with E-state index in [-0.39, 0.29) is 0 Å². The van der Waals surface area contributed by atoms with Crippen LogP contribution in [0.5, 0.6) is 5.75 Å². The van der Waals surface area contributed by atoms with Crippen molar-refractivity contribution in [2.24, 2.45) is 0 Å². The number of methoxy groups -OCH3 is 1. The van der Waals surface area contributed by atoms with Crippen LogP contribution in [-0.2, 0) is 0 Å². The molecule has 2 aromatic carbocycles. The lowest BCUT2D eigenvalue weighted by atomic mass is 10.1. The van der Waals surface area contributed by atoms with Gasteiger partial charge in [-0.15, -0.1) is 0 Å². The normalized spacial score (nSPS) is 12.5. The summed E-state index contributed by atoms with van der Waals surface area (Å²) in [6.07, 6.45) is -0.527. The van der Waals surface area contributed by atoms with E-state index in [1.54, 1.807) is 7.11 Å². The van der Waals surface area contributed by atoms with Gasteiger partial charge in [0.2, 0.25) is 0 Å². The second-order valence-electron chi connectivity index (χ2n) is 4.80. The number of thioether (sulfide) groups is 1. The molecule has 0 saturated carbocycles. The molecule has 0 aliphatic rings. The van der Waals surface area contributed by atoms with Crippen molar-refractivity contribution in [2.45, 2.75) is 11.3 Å². The van der Waals surface area contributed by atoms with E-state index < -0.39 is 6.10 Å². The molecule has 0 aliphatic heterocycles. The van der Waals surface area contributed by atoms with E-state index >= 15 is 0 Å². The Bertz CT molecular complexity index is 773. The molecule has 1 heterocycles. The molecule has 2 N–H and O–H groups in total. The predicted molar refractivity (Wildman–Crippen MR) is 92.5 cm³/mol. The van der Waals surface area contributed by atoms with E-state index in [1.807, 2.05) is 42.5 Å². The van der Waals surface area contributed by atoms with Crippen LogP contribution < -0.4 is 4.74 Å².